The van der Waals surface area contributed by atoms with Gasteiger partial charge in [-0.1, -0.05) is 32.3 Å². The maximum Gasteiger partial charge on any atom is 0 e. The molecule has 0 heterocycles. The molecule has 0 N–H and O–H groups in total. The van der Waals surface area contributed by atoms with Crippen molar-refractivity contribution in [2.75, 3.05) is 0 Å². The standard InChI is InChI=1S/C8H16.Ti/c1-3-5-7-8-6-4-2;/h3H,1,4-8H2,2H3;. The van der Waals surface area contributed by atoms with E-state index >= 15 is 0 Å². The molecule has 0 aromatic heterocycles. The van der Waals surface area contributed by atoms with Gasteiger partial charge in [0.1, 0.15) is 0 Å². The van der Waals surface area contributed by atoms with Crippen molar-refractivity contribution in [2.45, 2.75) is 39.0 Å². The second-order valence-corrected chi connectivity index (χ2v) is 2.14. The van der Waals surface area contributed by atoms with Crippen LogP contribution in [0.4, 0.5) is 0 Å². The molecule has 0 atom stereocenters. The molecular formula is C8H16Ti. The van der Waals surface area contributed by atoms with Gasteiger partial charge in [0, 0.05) is 21.7 Å². The van der Waals surface area contributed by atoms with Crippen LogP contribution in [0.25, 0.3) is 0 Å². The minimum absolute atomic E-state index is 0. The molecule has 0 unspecified atom stereocenters. The SMILES string of the molecule is C=CCCCCCC.[Ti]. The summed E-state index contributed by atoms with van der Waals surface area (Å²) in [6.45, 7) is 5.89. The third-order valence-electron chi connectivity index (χ3n) is 1.26. The van der Waals surface area contributed by atoms with Gasteiger partial charge in [0.15, 0.2) is 0 Å². The molecule has 0 saturated carbocycles. The molecule has 0 spiro atoms. The molecule has 9 heavy (non-hydrogen) atoms. The first-order valence-corrected chi connectivity index (χ1v) is 3.52. The van der Waals surface area contributed by atoms with Crippen molar-refractivity contribution in [3.05, 3.63) is 12.7 Å². The molecule has 0 bridgehead atoms. The van der Waals surface area contributed by atoms with E-state index in [-0.39, 0.29) is 21.7 Å². The quantitative estimate of drug-likeness (QED) is 0.329. The van der Waals surface area contributed by atoms with Crippen LogP contribution in [0.2, 0.25) is 0 Å². The molecule has 0 rings (SSSR count). The molecule has 0 nitrogen and oxygen atoms in total. The van der Waals surface area contributed by atoms with Gasteiger partial charge in [0.05, 0.1) is 0 Å². The van der Waals surface area contributed by atoms with E-state index in [4.69, 9.17) is 0 Å². The molecule has 52 valence electrons. The molecule has 0 aromatic rings. The van der Waals surface area contributed by atoms with Gasteiger partial charge in [-0.3, -0.25) is 0 Å². The summed E-state index contributed by atoms with van der Waals surface area (Å²) < 4.78 is 0. The van der Waals surface area contributed by atoms with Crippen LogP contribution in [0.3, 0.4) is 0 Å². The number of hydrogen-bond donors (Lipinski definition) is 0. The Labute approximate surface area is 73.6 Å². The molecule has 0 radical (unpaired) electrons. The van der Waals surface area contributed by atoms with E-state index in [1.807, 2.05) is 6.08 Å². The summed E-state index contributed by atoms with van der Waals surface area (Å²) in [5, 5.41) is 0. The minimum atomic E-state index is 0. The van der Waals surface area contributed by atoms with Gasteiger partial charge < -0.3 is 0 Å². The minimum Gasteiger partial charge on any atom is -0.103 e. The van der Waals surface area contributed by atoms with Crippen LogP contribution in [0, 0.1) is 0 Å². The van der Waals surface area contributed by atoms with Crippen LogP contribution in [0.5, 0.6) is 0 Å². The Morgan fingerprint density at radius 2 is 1.89 bits per heavy atom. The molecule has 1 heteroatoms. The summed E-state index contributed by atoms with van der Waals surface area (Å²) in [4.78, 5) is 0. The van der Waals surface area contributed by atoms with Crippen LogP contribution in [-0.4, -0.2) is 0 Å². The van der Waals surface area contributed by atoms with Crippen molar-refractivity contribution in [1.82, 2.24) is 0 Å². The third kappa shape index (κ3) is 11.8. The Balaban J connectivity index is 0. The molecule has 0 saturated heterocycles. The molecular weight excluding hydrogens is 144 g/mol. The van der Waals surface area contributed by atoms with E-state index in [0.29, 0.717) is 0 Å². The maximum atomic E-state index is 3.66. The van der Waals surface area contributed by atoms with E-state index < -0.39 is 0 Å². The van der Waals surface area contributed by atoms with Crippen molar-refractivity contribution >= 4 is 0 Å². The smallest absolute Gasteiger partial charge is 0 e. The number of allylic oxidation sites excluding steroid dienone is 1. The first-order valence-electron chi connectivity index (χ1n) is 3.52. The molecule has 0 aliphatic heterocycles. The molecule has 0 aliphatic carbocycles. The zero-order valence-corrected chi connectivity index (χ0v) is 7.88. The molecule has 0 fully saturated rings. The van der Waals surface area contributed by atoms with Crippen molar-refractivity contribution in [2.24, 2.45) is 0 Å². The predicted octanol–water partition coefficient (Wildman–Crippen LogP) is 3.14. The fourth-order valence-electron chi connectivity index (χ4n) is 0.715. The van der Waals surface area contributed by atoms with Gasteiger partial charge in [-0.2, -0.15) is 0 Å². The first-order chi connectivity index (χ1) is 3.91. The Kier molecular flexibility index (Phi) is 15.2. The maximum absolute atomic E-state index is 3.66. The van der Waals surface area contributed by atoms with Crippen molar-refractivity contribution in [3.63, 3.8) is 0 Å². The van der Waals surface area contributed by atoms with Crippen LogP contribution in [-0.2, 0) is 21.7 Å². The largest absolute Gasteiger partial charge is 0.103 e. The number of hydrogen-bond acceptors (Lipinski definition) is 0. The number of unbranched alkanes of at least 4 members (excludes halogenated alkanes) is 4. The molecule has 0 aliphatic rings. The van der Waals surface area contributed by atoms with Gasteiger partial charge in [-0.05, 0) is 12.8 Å². The summed E-state index contributed by atoms with van der Waals surface area (Å²) in [5.41, 5.74) is 0. The van der Waals surface area contributed by atoms with E-state index in [0.717, 1.165) is 0 Å². The predicted molar refractivity (Wildman–Crippen MR) is 39.0 cm³/mol. The Morgan fingerprint density at radius 1 is 1.22 bits per heavy atom. The number of rotatable bonds is 5. The van der Waals surface area contributed by atoms with Crippen molar-refractivity contribution < 1.29 is 21.7 Å². The van der Waals surface area contributed by atoms with Crippen LogP contribution in [0.15, 0.2) is 12.7 Å². The van der Waals surface area contributed by atoms with E-state index in [1.165, 1.54) is 32.1 Å². The fourth-order valence-corrected chi connectivity index (χ4v) is 0.715. The monoisotopic (exact) mass is 160 g/mol. The summed E-state index contributed by atoms with van der Waals surface area (Å²) in [5.74, 6) is 0. The van der Waals surface area contributed by atoms with Crippen LogP contribution >= 0.6 is 0 Å². The van der Waals surface area contributed by atoms with Crippen LogP contribution in [0.1, 0.15) is 39.0 Å². The Morgan fingerprint density at radius 3 is 2.33 bits per heavy atom. The van der Waals surface area contributed by atoms with Gasteiger partial charge in [0.2, 0.25) is 0 Å². The fraction of sp³-hybridized carbons (Fsp3) is 0.750. The van der Waals surface area contributed by atoms with E-state index in [2.05, 4.69) is 13.5 Å². The van der Waals surface area contributed by atoms with Crippen molar-refractivity contribution in [1.29, 1.82) is 0 Å². The summed E-state index contributed by atoms with van der Waals surface area (Å²) in [6.07, 6.45) is 8.61. The summed E-state index contributed by atoms with van der Waals surface area (Å²) >= 11 is 0. The topological polar surface area (TPSA) is 0 Å². The average molecular weight is 160 g/mol. The molecule has 0 aromatic carbocycles. The van der Waals surface area contributed by atoms with Crippen molar-refractivity contribution in [3.8, 4) is 0 Å². The van der Waals surface area contributed by atoms with E-state index in [9.17, 15) is 0 Å². The average Bonchev–Trinajstić information content (AvgIpc) is 1.81. The third-order valence-corrected chi connectivity index (χ3v) is 1.26. The van der Waals surface area contributed by atoms with E-state index in [1.54, 1.807) is 0 Å². The second-order valence-electron chi connectivity index (χ2n) is 2.14. The Hall–Kier alpha value is 0.454. The van der Waals surface area contributed by atoms with Gasteiger partial charge in [0.25, 0.3) is 0 Å². The van der Waals surface area contributed by atoms with Gasteiger partial charge >= 0.3 is 0 Å². The zero-order chi connectivity index (χ0) is 6.24. The normalized spacial score (nSPS) is 8.11. The summed E-state index contributed by atoms with van der Waals surface area (Å²) in [6, 6.07) is 0. The Bertz CT molecular complexity index is 50.5. The van der Waals surface area contributed by atoms with Crippen LogP contribution < -0.4 is 0 Å². The molecule has 0 amide bonds. The second kappa shape index (κ2) is 11.3. The van der Waals surface area contributed by atoms with Gasteiger partial charge in [-0.15, -0.1) is 6.58 Å². The summed E-state index contributed by atoms with van der Waals surface area (Å²) in [7, 11) is 0. The zero-order valence-electron chi connectivity index (χ0n) is 6.32. The van der Waals surface area contributed by atoms with Gasteiger partial charge in [-0.25, -0.2) is 0 Å². The first kappa shape index (κ1) is 12.2.